The third-order valence-electron chi connectivity index (χ3n) is 5.53. The van der Waals surface area contributed by atoms with Crippen LogP contribution in [-0.4, -0.2) is 60.4 Å². The molecule has 1 aromatic heterocycles. The van der Waals surface area contributed by atoms with E-state index in [0.29, 0.717) is 23.7 Å². The van der Waals surface area contributed by atoms with E-state index in [9.17, 15) is 9.59 Å². The first kappa shape index (κ1) is 26.0. The van der Waals surface area contributed by atoms with Crippen molar-refractivity contribution in [2.45, 2.75) is 33.1 Å². The maximum absolute atomic E-state index is 13.2. The van der Waals surface area contributed by atoms with E-state index in [2.05, 4.69) is 26.1 Å². The van der Waals surface area contributed by atoms with Crippen molar-refractivity contribution in [1.29, 1.82) is 0 Å². The molecule has 0 aliphatic heterocycles. The van der Waals surface area contributed by atoms with E-state index in [1.54, 1.807) is 43.2 Å². The highest BCUT2D eigenvalue weighted by atomic mass is 16.5. The van der Waals surface area contributed by atoms with Crippen LogP contribution in [0.2, 0.25) is 0 Å². The monoisotopic (exact) mass is 478 g/mol. The lowest BCUT2D eigenvalue weighted by atomic mass is 9.92. The number of hydrogen-bond donors (Lipinski definition) is 1. The summed E-state index contributed by atoms with van der Waals surface area (Å²) in [6.07, 6.45) is 0. The SMILES string of the molecule is COCCN(CC(=O)Nc1cc(C(C)(C)C)nn1-c1ccc(C)cc1)C(=O)c1cccc(OC)c1. The lowest BCUT2D eigenvalue weighted by molar-refractivity contribution is -0.117. The van der Waals surface area contributed by atoms with Gasteiger partial charge in [0, 0.05) is 30.7 Å². The average molecular weight is 479 g/mol. The molecular formula is C27H34N4O4. The van der Waals surface area contributed by atoms with Crippen molar-refractivity contribution in [3.05, 3.63) is 71.4 Å². The van der Waals surface area contributed by atoms with Crippen molar-refractivity contribution in [1.82, 2.24) is 14.7 Å². The van der Waals surface area contributed by atoms with Gasteiger partial charge in [0.25, 0.3) is 5.91 Å². The van der Waals surface area contributed by atoms with Crippen molar-refractivity contribution in [3.63, 3.8) is 0 Å². The summed E-state index contributed by atoms with van der Waals surface area (Å²) in [6, 6.07) is 16.7. The van der Waals surface area contributed by atoms with Crippen LogP contribution in [-0.2, 0) is 14.9 Å². The highest BCUT2D eigenvalue weighted by Gasteiger charge is 2.23. The predicted octanol–water partition coefficient (Wildman–Crippen LogP) is 4.21. The van der Waals surface area contributed by atoms with E-state index >= 15 is 0 Å². The first-order valence-corrected chi connectivity index (χ1v) is 11.5. The van der Waals surface area contributed by atoms with E-state index < -0.39 is 0 Å². The van der Waals surface area contributed by atoms with Gasteiger partial charge in [-0.2, -0.15) is 5.10 Å². The second-order valence-electron chi connectivity index (χ2n) is 9.41. The van der Waals surface area contributed by atoms with Gasteiger partial charge in [-0.25, -0.2) is 4.68 Å². The fraction of sp³-hybridized carbons (Fsp3) is 0.370. The van der Waals surface area contributed by atoms with Crippen molar-refractivity contribution in [2.24, 2.45) is 0 Å². The molecule has 0 radical (unpaired) electrons. The lowest BCUT2D eigenvalue weighted by Gasteiger charge is -2.22. The third-order valence-corrected chi connectivity index (χ3v) is 5.53. The maximum atomic E-state index is 13.2. The number of benzene rings is 2. The van der Waals surface area contributed by atoms with Crippen LogP contribution in [0.3, 0.4) is 0 Å². The van der Waals surface area contributed by atoms with Crippen molar-refractivity contribution in [2.75, 3.05) is 39.2 Å². The maximum Gasteiger partial charge on any atom is 0.254 e. The number of amides is 2. The summed E-state index contributed by atoms with van der Waals surface area (Å²) in [7, 11) is 3.10. The molecular weight excluding hydrogens is 444 g/mol. The minimum atomic E-state index is -0.328. The number of methoxy groups -OCH3 is 2. The Bertz CT molecular complexity index is 1160. The number of aryl methyl sites for hydroxylation is 1. The third kappa shape index (κ3) is 6.70. The molecule has 2 amide bonds. The summed E-state index contributed by atoms with van der Waals surface area (Å²) >= 11 is 0. The first-order valence-electron chi connectivity index (χ1n) is 11.5. The van der Waals surface area contributed by atoms with E-state index in [4.69, 9.17) is 14.6 Å². The van der Waals surface area contributed by atoms with Gasteiger partial charge in [-0.1, -0.05) is 44.5 Å². The second kappa shape index (κ2) is 11.2. The van der Waals surface area contributed by atoms with Gasteiger partial charge in [0.1, 0.15) is 18.1 Å². The molecule has 0 aliphatic carbocycles. The Morgan fingerprint density at radius 2 is 1.77 bits per heavy atom. The molecule has 0 saturated carbocycles. The normalized spacial score (nSPS) is 11.3. The summed E-state index contributed by atoms with van der Waals surface area (Å²) < 4.78 is 12.1. The molecule has 1 N–H and O–H groups in total. The second-order valence-corrected chi connectivity index (χ2v) is 9.41. The van der Waals surface area contributed by atoms with Crippen molar-refractivity contribution in [3.8, 4) is 11.4 Å². The molecule has 0 atom stereocenters. The topological polar surface area (TPSA) is 85.7 Å². The quantitative estimate of drug-likeness (QED) is 0.498. The number of rotatable bonds is 9. The molecule has 3 rings (SSSR count). The highest BCUT2D eigenvalue weighted by Crippen LogP contribution is 2.26. The van der Waals surface area contributed by atoms with Gasteiger partial charge < -0.3 is 19.7 Å². The first-order chi connectivity index (χ1) is 16.6. The molecule has 1 heterocycles. The molecule has 0 bridgehead atoms. The van der Waals surface area contributed by atoms with E-state index in [1.807, 2.05) is 37.3 Å². The molecule has 2 aromatic carbocycles. The van der Waals surface area contributed by atoms with Crippen LogP contribution >= 0.6 is 0 Å². The number of aromatic nitrogens is 2. The number of nitrogens with one attached hydrogen (secondary N) is 1. The van der Waals surface area contributed by atoms with Gasteiger partial charge in [-0.15, -0.1) is 0 Å². The summed E-state index contributed by atoms with van der Waals surface area (Å²) in [4.78, 5) is 27.8. The van der Waals surface area contributed by atoms with Crippen LogP contribution in [0.1, 0.15) is 42.4 Å². The average Bonchev–Trinajstić information content (AvgIpc) is 3.26. The molecule has 186 valence electrons. The van der Waals surface area contributed by atoms with Gasteiger partial charge in [0.2, 0.25) is 5.91 Å². The van der Waals surface area contributed by atoms with Gasteiger partial charge >= 0.3 is 0 Å². The zero-order valence-corrected chi connectivity index (χ0v) is 21.3. The largest absolute Gasteiger partial charge is 0.497 e. The summed E-state index contributed by atoms with van der Waals surface area (Å²) in [5.41, 5.74) is 3.05. The van der Waals surface area contributed by atoms with E-state index in [0.717, 1.165) is 16.9 Å². The van der Waals surface area contributed by atoms with Crippen LogP contribution < -0.4 is 10.1 Å². The molecule has 0 unspecified atom stereocenters. The molecule has 8 heteroatoms. The number of carbonyl (C=O) groups excluding carboxylic acids is 2. The fourth-order valence-corrected chi connectivity index (χ4v) is 3.47. The number of ether oxygens (including phenoxy) is 2. The number of hydrogen-bond acceptors (Lipinski definition) is 5. The Kier molecular flexibility index (Phi) is 8.30. The molecule has 0 spiro atoms. The van der Waals surface area contributed by atoms with Gasteiger partial charge in [-0.3, -0.25) is 9.59 Å². The fourth-order valence-electron chi connectivity index (χ4n) is 3.47. The standard InChI is InChI=1S/C27H34N4O4/c1-19-10-12-21(13-11-19)31-24(17-23(29-31)27(2,3)4)28-25(32)18-30(14-15-34-5)26(33)20-8-7-9-22(16-20)35-6/h7-13,16-17H,14-15,18H2,1-6H3,(H,28,32). The Balaban J connectivity index is 1.85. The van der Waals surface area contributed by atoms with Gasteiger partial charge in [0.05, 0.1) is 25.1 Å². The van der Waals surface area contributed by atoms with Crippen LogP contribution in [0.15, 0.2) is 54.6 Å². The van der Waals surface area contributed by atoms with Crippen LogP contribution in [0.25, 0.3) is 5.69 Å². The summed E-state index contributed by atoms with van der Waals surface area (Å²) in [5, 5.41) is 7.71. The Morgan fingerprint density at radius 3 is 2.40 bits per heavy atom. The zero-order valence-electron chi connectivity index (χ0n) is 21.3. The van der Waals surface area contributed by atoms with Crippen LogP contribution in [0.5, 0.6) is 5.75 Å². The van der Waals surface area contributed by atoms with Crippen molar-refractivity contribution < 1.29 is 19.1 Å². The molecule has 0 saturated heterocycles. The van der Waals surface area contributed by atoms with Gasteiger partial charge in [-0.05, 0) is 37.3 Å². The van der Waals surface area contributed by atoms with Gasteiger partial charge in [0.15, 0.2) is 0 Å². The predicted molar refractivity (Wildman–Crippen MR) is 136 cm³/mol. The minimum absolute atomic E-state index is 0.136. The lowest BCUT2D eigenvalue weighted by Crippen LogP contribution is -2.40. The molecule has 8 nitrogen and oxygen atoms in total. The highest BCUT2D eigenvalue weighted by molar-refractivity contribution is 5.99. The smallest absolute Gasteiger partial charge is 0.254 e. The van der Waals surface area contributed by atoms with Crippen molar-refractivity contribution >= 4 is 17.6 Å². The van der Waals surface area contributed by atoms with E-state index in [1.165, 1.54) is 4.90 Å². The minimum Gasteiger partial charge on any atom is -0.497 e. The van der Waals surface area contributed by atoms with Crippen LogP contribution in [0.4, 0.5) is 5.82 Å². The number of nitrogens with zero attached hydrogens (tertiary/aromatic N) is 3. The van der Waals surface area contributed by atoms with Crippen LogP contribution in [0, 0.1) is 6.92 Å². The molecule has 35 heavy (non-hydrogen) atoms. The van der Waals surface area contributed by atoms with E-state index in [-0.39, 0.29) is 30.3 Å². The Morgan fingerprint density at radius 1 is 1.06 bits per heavy atom. The summed E-state index contributed by atoms with van der Waals surface area (Å²) in [5.74, 6) is 0.512. The zero-order chi connectivity index (χ0) is 25.6. The Hall–Kier alpha value is -3.65. The number of carbonyl (C=O) groups is 2. The Labute approximate surface area is 206 Å². The molecule has 3 aromatic rings. The molecule has 0 aliphatic rings. The number of anilines is 1. The molecule has 0 fully saturated rings. The summed E-state index contributed by atoms with van der Waals surface area (Å²) in [6.45, 7) is 8.66.